The first-order valence-corrected chi connectivity index (χ1v) is 8.78. The Morgan fingerprint density at radius 3 is 2.62 bits per heavy atom. The molecule has 1 aromatic rings. The SMILES string of the molecule is CC.CN=c1cc(Br)ccn1/C=C/CCN1CCCCC1. The molecule has 0 N–H and O–H groups in total. The summed E-state index contributed by atoms with van der Waals surface area (Å²) >= 11 is 3.47. The van der Waals surface area contributed by atoms with Gasteiger partial charge in [-0.1, -0.05) is 42.3 Å². The standard InChI is InChI=1S/C15H22BrN3.C2H6/c1-17-15-13-14(16)7-12-19(15)11-6-5-10-18-8-3-2-4-9-18;1-2/h6-7,11-13H,2-5,8-10H2,1H3;1-2H3/b11-6+,17-15?;. The van der Waals surface area contributed by atoms with Gasteiger partial charge in [-0.2, -0.15) is 0 Å². The van der Waals surface area contributed by atoms with Gasteiger partial charge in [-0.05, 0) is 44.5 Å². The van der Waals surface area contributed by atoms with E-state index in [1.165, 1.54) is 38.9 Å². The number of piperidine rings is 1. The van der Waals surface area contributed by atoms with Gasteiger partial charge in [-0.25, -0.2) is 0 Å². The maximum atomic E-state index is 4.27. The zero-order valence-corrected chi connectivity index (χ0v) is 15.1. The van der Waals surface area contributed by atoms with Crippen molar-refractivity contribution in [3.63, 3.8) is 0 Å². The zero-order valence-electron chi connectivity index (χ0n) is 13.6. The van der Waals surface area contributed by atoms with Gasteiger partial charge in [0.2, 0.25) is 0 Å². The Morgan fingerprint density at radius 2 is 1.95 bits per heavy atom. The highest BCUT2D eigenvalue weighted by Gasteiger charge is 2.07. The molecule has 1 saturated heterocycles. The third kappa shape index (κ3) is 6.62. The minimum atomic E-state index is 0.962. The molecule has 4 heteroatoms. The number of hydrogen-bond acceptors (Lipinski definition) is 2. The van der Waals surface area contributed by atoms with E-state index in [-0.39, 0.29) is 0 Å². The summed E-state index contributed by atoms with van der Waals surface area (Å²) in [6.07, 6.45) is 11.6. The van der Waals surface area contributed by atoms with E-state index in [9.17, 15) is 0 Å². The van der Waals surface area contributed by atoms with Gasteiger partial charge in [0, 0.05) is 30.5 Å². The van der Waals surface area contributed by atoms with E-state index in [2.05, 4.69) is 42.7 Å². The fraction of sp³-hybridized carbons (Fsp3) is 0.588. The summed E-state index contributed by atoms with van der Waals surface area (Å²) in [5, 5.41) is 0. The van der Waals surface area contributed by atoms with Crippen molar-refractivity contribution in [3.8, 4) is 0 Å². The number of rotatable bonds is 4. The highest BCUT2D eigenvalue weighted by atomic mass is 79.9. The van der Waals surface area contributed by atoms with Gasteiger partial charge in [-0.15, -0.1) is 0 Å². The van der Waals surface area contributed by atoms with Gasteiger partial charge in [0.25, 0.3) is 0 Å². The summed E-state index contributed by atoms with van der Waals surface area (Å²) in [5.41, 5.74) is 0.962. The lowest BCUT2D eigenvalue weighted by Crippen LogP contribution is -2.30. The molecule has 1 aliphatic rings. The minimum Gasteiger partial charge on any atom is -0.309 e. The maximum absolute atomic E-state index is 4.27. The molecule has 0 spiro atoms. The molecule has 21 heavy (non-hydrogen) atoms. The van der Waals surface area contributed by atoms with E-state index in [4.69, 9.17) is 0 Å². The first-order valence-electron chi connectivity index (χ1n) is 7.99. The van der Waals surface area contributed by atoms with Crippen molar-refractivity contribution in [2.24, 2.45) is 4.99 Å². The Hall–Kier alpha value is -0.870. The fourth-order valence-electron chi connectivity index (χ4n) is 2.41. The van der Waals surface area contributed by atoms with Crippen LogP contribution in [0.15, 0.2) is 33.9 Å². The second-order valence-electron chi connectivity index (χ2n) is 4.91. The van der Waals surface area contributed by atoms with Gasteiger partial charge in [0.1, 0.15) is 5.49 Å². The molecule has 3 nitrogen and oxygen atoms in total. The maximum Gasteiger partial charge on any atom is 0.132 e. The molecule has 1 aromatic heterocycles. The number of nitrogens with zero attached hydrogens (tertiary/aromatic N) is 3. The summed E-state index contributed by atoms with van der Waals surface area (Å²) in [6, 6.07) is 4.05. The second-order valence-corrected chi connectivity index (χ2v) is 5.83. The number of hydrogen-bond donors (Lipinski definition) is 0. The summed E-state index contributed by atoms with van der Waals surface area (Å²) in [5.74, 6) is 0. The van der Waals surface area contributed by atoms with E-state index < -0.39 is 0 Å². The fourth-order valence-corrected chi connectivity index (χ4v) is 2.73. The van der Waals surface area contributed by atoms with Crippen LogP contribution in [0.5, 0.6) is 0 Å². The molecule has 0 bridgehead atoms. The molecule has 2 rings (SSSR count). The average Bonchev–Trinajstić information content (AvgIpc) is 2.55. The van der Waals surface area contributed by atoms with Crippen LogP contribution in [0.1, 0.15) is 39.5 Å². The van der Waals surface area contributed by atoms with Gasteiger partial charge in [0.05, 0.1) is 0 Å². The number of halogens is 1. The zero-order chi connectivity index (χ0) is 15.5. The Labute approximate surface area is 137 Å². The molecule has 118 valence electrons. The highest BCUT2D eigenvalue weighted by Crippen LogP contribution is 2.09. The van der Waals surface area contributed by atoms with Crippen molar-refractivity contribution >= 4 is 22.1 Å². The van der Waals surface area contributed by atoms with Crippen LogP contribution in [0, 0.1) is 0 Å². The van der Waals surface area contributed by atoms with Crippen LogP contribution in [-0.4, -0.2) is 36.1 Å². The number of pyridine rings is 1. The predicted octanol–water partition coefficient (Wildman–Crippen LogP) is 4.15. The first-order chi connectivity index (χ1) is 10.3. The molecule has 0 aromatic carbocycles. The molecule has 0 unspecified atom stereocenters. The Kier molecular flexibility index (Phi) is 9.35. The van der Waals surface area contributed by atoms with E-state index >= 15 is 0 Å². The average molecular weight is 354 g/mol. The summed E-state index contributed by atoms with van der Waals surface area (Å²) < 4.78 is 3.12. The third-order valence-corrected chi connectivity index (χ3v) is 3.97. The number of likely N-dealkylation sites (tertiary alicyclic amines) is 1. The lowest BCUT2D eigenvalue weighted by atomic mass is 10.1. The van der Waals surface area contributed by atoms with Crippen molar-refractivity contribution in [3.05, 3.63) is 34.4 Å². The molecule has 0 radical (unpaired) electrons. The third-order valence-electron chi connectivity index (χ3n) is 3.48. The van der Waals surface area contributed by atoms with Crippen molar-refractivity contribution in [1.29, 1.82) is 0 Å². The van der Waals surface area contributed by atoms with Crippen LogP contribution in [-0.2, 0) is 0 Å². The topological polar surface area (TPSA) is 20.5 Å². The second kappa shape index (κ2) is 10.8. The van der Waals surface area contributed by atoms with E-state index in [1.54, 1.807) is 0 Å². The Morgan fingerprint density at radius 1 is 1.24 bits per heavy atom. The summed E-state index contributed by atoms with van der Waals surface area (Å²) in [7, 11) is 1.82. The van der Waals surface area contributed by atoms with Crippen LogP contribution in [0.3, 0.4) is 0 Å². The number of aromatic nitrogens is 1. The lowest BCUT2D eigenvalue weighted by Gasteiger charge is -2.25. The van der Waals surface area contributed by atoms with Gasteiger partial charge in [-0.3, -0.25) is 4.99 Å². The van der Waals surface area contributed by atoms with Gasteiger partial charge >= 0.3 is 0 Å². The molecule has 1 aliphatic heterocycles. The molecular weight excluding hydrogens is 326 g/mol. The molecule has 0 amide bonds. The van der Waals surface area contributed by atoms with E-state index in [0.29, 0.717) is 0 Å². The van der Waals surface area contributed by atoms with Crippen LogP contribution in [0.2, 0.25) is 0 Å². The normalized spacial score (nSPS) is 16.9. The lowest BCUT2D eigenvalue weighted by molar-refractivity contribution is 0.233. The molecule has 0 aliphatic carbocycles. The molecule has 1 fully saturated rings. The van der Waals surface area contributed by atoms with Crippen molar-refractivity contribution < 1.29 is 0 Å². The van der Waals surface area contributed by atoms with Crippen LogP contribution in [0.25, 0.3) is 6.20 Å². The van der Waals surface area contributed by atoms with Gasteiger partial charge < -0.3 is 9.47 Å². The van der Waals surface area contributed by atoms with Crippen molar-refractivity contribution in [2.45, 2.75) is 39.5 Å². The monoisotopic (exact) mass is 353 g/mol. The quantitative estimate of drug-likeness (QED) is 0.795. The van der Waals surface area contributed by atoms with Gasteiger partial charge in [0.15, 0.2) is 0 Å². The minimum absolute atomic E-state index is 0.962. The van der Waals surface area contributed by atoms with E-state index in [0.717, 1.165) is 16.4 Å². The van der Waals surface area contributed by atoms with Crippen LogP contribution in [0.4, 0.5) is 0 Å². The summed E-state index contributed by atoms with van der Waals surface area (Å²) in [6.45, 7) is 7.72. The highest BCUT2D eigenvalue weighted by molar-refractivity contribution is 9.10. The predicted molar refractivity (Wildman–Crippen MR) is 95.2 cm³/mol. The molecule has 0 atom stereocenters. The Balaban J connectivity index is 0.00000106. The molecule has 0 saturated carbocycles. The van der Waals surface area contributed by atoms with E-state index in [1.807, 2.05) is 39.2 Å². The largest absolute Gasteiger partial charge is 0.309 e. The van der Waals surface area contributed by atoms with Crippen LogP contribution < -0.4 is 5.49 Å². The van der Waals surface area contributed by atoms with Crippen LogP contribution >= 0.6 is 15.9 Å². The van der Waals surface area contributed by atoms with Crippen molar-refractivity contribution in [1.82, 2.24) is 9.47 Å². The molecular formula is C17H28BrN3. The van der Waals surface area contributed by atoms with Crippen molar-refractivity contribution in [2.75, 3.05) is 26.7 Å². The smallest absolute Gasteiger partial charge is 0.132 e. The summed E-state index contributed by atoms with van der Waals surface area (Å²) in [4.78, 5) is 6.83. The molecule has 2 heterocycles. The first kappa shape index (κ1) is 18.2. The Bertz CT molecular complexity index is 485.